The molecule has 0 aliphatic rings. The Labute approximate surface area is 132 Å². The average Bonchev–Trinajstić information content (AvgIpc) is 2.80. The number of halogens is 1. The van der Waals surface area contributed by atoms with Gasteiger partial charge in [0.05, 0.1) is 12.4 Å². The van der Waals surface area contributed by atoms with Crippen LogP contribution in [0.25, 0.3) is 0 Å². The van der Waals surface area contributed by atoms with Gasteiger partial charge in [-0.15, -0.1) is 10.2 Å². The molecule has 0 fully saturated rings. The molecule has 1 heterocycles. The van der Waals surface area contributed by atoms with Crippen LogP contribution in [0.1, 0.15) is 18.3 Å². The van der Waals surface area contributed by atoms with Gasteiger partial charge in [-0.2, -0.15) is 0 Å². The van der Waals surface area contributed by atoms with E-state index in [0.717, 1.165) is 11.4 Å². The number of benzene rings is 1. The molecule has 0 N–H and O–H groups in total. The minimum atomic E-state index is -0.246. The predicted molar refractivity (Wildman–Crippen MR) is 82.6 cm³/mol. The molecule has 7 heteroatoms. The number of ether oxygens (including phenoxy) is 1. The SMILES string of the molecule is CCOC(=O)CSc1nnc(Cc2ccc(Cl)cc2)n1C. The molecule has 2 aromatic rings. The van der Waals surface area contributed by atoms with Gasteiger partial charge in [-0.3, -0.25) is 4.79 Å². The summed E-state index contributed by atoms with van der Waals surface area (Å²) in [5.41, 5.74) is 1.11. The summed E-state index contributed by atoms with van der Waals surface area (Å²) >= 11 is 7.19. The molecule has 5 nitrogen and oxygen atoms in total. The van der Waals surface area contributed by atoms with Crippen LogP contribution in [-0.2, 0) is 23.0 Å². The van der Waals surface area contributed by atoms with Gasteiger partial charge in [-0.05, 0) is 24.6 Å². The maximum Gasteiger partial charge on any atom is 0.316 e. The summed E-state index contributed by atoms with van der Waals surface area (Å²) in [5.74, 6) is 0.828. The van der Waals surface area contributed by atoms with Crippen molar-refractivity contribution in [2.75, 3.05) is 12.4 Å². The van der Waals surface area contributed by atoms with E-state index >= 15 is 0 Å². The number of nitrogens with zero attached hydrogens (tertiary/aromatic N) is 3. The number of rotatable bonds is 6. The van der Waals surface area contributed by atoms with E-state index in [4.69, 9.17) is 16.3 Å². The fraction of sp³-hybridized carbons (Fsp3) is 0.357. The largest absolute Gasteiger partial charge is 0.465 e. The third-order valence-electron chi connectivity index (χ3n) is 2.83. The highest BCUT2D eigenvalue weighted by molar-refractivity contribution is 7.99. The number of esters is 1. The smallest absolute Gasteiger partial charge is 0.316 e. The molecule has 1 aromatic carbocycles. The summed E-state index contributed by atoms with van der Waals surface area (Å²) in [4.78, 5) is 11.3. The highest BCUT2D eigenvalue weighted by atomic mass is 35.5. The summed E-state index contributed by atoms with van der Waals surface area (Å²) in [7, 11) is 1.89. The highest BCUT2D eigenvalue weighted by Crippen LogP contribution is 2.18. The van der Waals surface area contributed by atoms with E-state index in [9.17, 15) is 4.79 Å². The van der Waals surface area contributed by atoms with Crippen LogP contribution >= 0.6 is 23.4 Å². The molecule has 21 heavy (non-hydrogen) atoms. The van der Waals surface area contributed by atoms with Crippen molar-refractivity contribution in [3.63, 3.8) is 0 Å². The molecule has 112 valence electrons. The Balaban J connectivity index is 1.99. The average molecular weight is 326 g/mol. The van der Waals surface area contributed by atoms with E-state index < -0.39 is 0 Å². The number of thioether (sulfide) groups is 1. The van der Waals surface area contributed by atoms with E-state index in [-0.39, 0.29) is 11.7 Å². The van der Waals surface area contributed by atoms with Crippen LogP contribution in [0, 0.1) is 0 Å². The number of carbonyl (C=O) groups is 1. The number of hydrogen-bond donors (Lipinski definition) is 0. The fourth-order valence-electron chi connectivity index (χ4n) is 1.74. The minimum Gasteiger partial charge on any atom is -0.465 e. The zero-order valence-corrected chi connectivity index (χ0v) is 13.4. The second-order valence-electron chi connectivity index (χ2n) is 4.35. The van der Waals surface area contributed by atoms with E-state index in [1.165, 1.54) is 11.8 Å². The van der Waals surface area contributed by atoms with Gasteiger partial charge in [0.1, 0.15) is 5.82 Å². The molecule has 0 spiro atoms. The van der Waals surface area contributed by atoms with Crippen LogP contribution in [0.2, 0.25) is 5.02 Å². The van der Waals surface area contributed by atoms with Crippen molar-refractivity contribution in [2.24, 2.45) is 7.05 Å². The van der Waals surface area contributed by atoms with Gasteiger partial charge in [-0.25, -0.2) is 0 Å². The van der Waals surface area contributed by atoms with E-state index in [0.29, 0.717) is 23.2 Å². The Morgan fingerprint density at radius 2 is 2.05 bits per heavy atom. The maximum absolute atomic E-state index is 11.3. The van der Waals surface area contributed by atoms with Gasteiger partial charge in [0.25, 0.3) is 0 Å². The molecule has 0 aliphatic heterocycles. The minimum absolute atomic E-state index is 0.237. The molecule has 0 saturated heterocycles. The number of aromatic nitrogens is 3. The Morgan fingerprint density at radius 3 is 2.71 bits per heavy atom. The van der Waals surface area contributed by atoms with Gasteiger partial charge < -0.3 is 9.30 Å². The molecule has 0 saturated carbocycles. The summed E-state index contributed by atoms with van der Waals surface area (Å²) in [6.45, 7) is 2.18. The van der Waals surface area contributed by atoms with Crippen molar-refractivity contribution >= 4 is 29.3 Å². The first-order chi connectivity index (χ1) is 10.1. The van der Waals surface area contributed by atoms with Crippen molar-refractivity contribution in [3.05, 3.63) is 40.7 Å². The monoisotopic (exact) mass is 325 g/mol. The van der Waals surface area contributed by atoms with Gasteiger partial charge >= 0.3 is 5.97 Å². The predicted octanol–water partition coefficient (Wildman–Crippen LogP) is 2.71. The van der Waals surface area contributed by atoms with Gasteiger partial charge in [0, 0.05) is 18.5 Å². The summed E-state index contributed by atoms with van der Waals surface area (Å²) in [6.07, 6.45) is 0.667. The van der Waals surface area contributed by atoms with E-state index in [1.807, 2.05) is 35.9 Å². The molecule has 2 rings (SSSR count). The normalized spacial score (nSPS) is 10.6. The summed E-state index contributed by atoms with van der Waals surface area (Å²) in [5, 5.41) is 9.68. The Bertz CT molecular complexity index is 613. The molecular weight excluding hydrogens is 310 g/mol. The molecule has 0 atom stereocenters. The van der Waals surface area contributed by atoms with Crippen LogP contribution in [-0.4, -0.2) is 33.1 Å². The van der Waals surface area contributed by atoms with Crippen molar-refractivity contribution in [1.82, 2.24) is 14.8 Å². The standard InChI is InChI=1S/C14H16ClN3O2S/c1-3-20-13(19)9-21-14-17-16-12(18(14)2)8-10-4-6-11(15)7-5-10/h4-7H,3,8-9H2,1-2H3. The van der Waals surface area contributed by atoms with Crippen LogP contribution in [0.4, 0.5) is 0 Å². The van der Waals surface area contributed by atoms with Crippen molar-refractivity contribution in [2.45, 2.75) is 18.5 Å². The lowest BCUT2D eigenvalue weighted by atomic mass is 10.1. The van der Waals surface area contributed by atoms with Gasteiger partial charge in [-0.1, -0.05) is 35.5 Å². The van der Waals surface area contributed by atoms with E-state index in [2.05, 4.69) is 10.2 Å². The first-order valence-corrected chi connectivity index (χ1v) is 7.87. The lowest BCUT2D eigenvalue weighted by Gasteiger charge is -2.04. The molecule has 0 amide bonds. The molecule has 0 aliphatic carbocycles. The molecular formula is C14H16ClN3O2S. The van der Waals surface area contributed by atoms with Crippen molar-refractivity contribution < 1.29 is 9.53 Å². The van der Waals surface area contributed by atoms with Crippen LogP contribution in [0.5, 0.6) is 0 Å². The molecule has 1 aromatic heterocycles. The first kappa shape index (κ1) is 15.9. The van der Waals surface area contributed by atoms with Crippen molar-refractivity contribution in [3.8, 4) is 0 Å². The summed E-state index contributed by atoms with van der Waals surface area (Å²) in [6, 6.07) is 7.62. The van der Waals surface area contributed by atoms with Gasteiger partial charge in [0.2, 0.25) is 0 Å². The third kappa shape index (κ3) is 4.47. The Morgan fingerprint density at radius 1 is 1.33 bits per heavy atom. The summed E-state index contributed by atoms with van der Waals surface area (Å²) < 4.78 is 6.77. The van der Waals surface area contributed by atoms with Crippen LogP contribution in [0.3, 0.4) is 0 Å². The lowest BCUT2D eigenvalue weighted by molar-refractivity contribution is -0.139. The highest BCUT2D eigenvalue weighted by Gasteiger charge is 2.12. The van der Waals surface area contributed by atoms with Crippen molar-refractivity contribution in [1.29, 1.82) is 0 Å². The quantitative estimate of drug-likeness (QED) is 0.603. The van der Waals surface area contributed by atoms with Crippen LogP contribution in [0.15, 0.2) is 29.4 Å². The van der Waals surface area contributed by atoms with Crippen LogP contribution < -0.4 is 0 Å². The second-order valence-corrected chi connectivity index (χ2v) is 5.73. The zero-order chi connectivity index (χ0) is 15.2. The number of carbonyl (C=O) groups excluding carboxylic acids is 1. The number of hydrogen-bond acceptors (Lipinski definition) is 5. The topological polar surface area (TPSA) is 57.0 Å². The molecule has 0 unspecified atom stereocenters. The van der Waals surface area contributed by atoms with E-state index in [1.54, 1.807) is 6.92 Å². The second kappa shape index (κ2) is 7.47. The third-order valence-corrected chi connectivity index (χ3v) is 4.07. The molecule has 0 radical (unpaired) electrons. The lowest BCUT2D eigenvalue weighted by Crippen LogP contribution is -2.07. The Kier molecular flexibility index (Phi) is 5.64. The zero-order valence-electron chi connectivity index (χ0n) is 11.9. The Hall–Kier alpha value is -1.53. The molecule has 0 bridgehead atoms. The maximum atomic E-state index is 11.3. The fourth-order valence-corrected chi connectivity index (χ4v) is 2.59. The van der Waals surface area contributed by atoms with Gasteiger partial charge in [0.15, 0.2) is 5.16 Å². The first-order valence-electron chi connectivity index (χ1n) is 6.51.